The first-order valence-corrected chi connectivity index (χ1v) is 8.10. The highest BCUT2D eigenvalue weighted by molar-refractivity contribution is 7.52. The number of hydrogen-bond acceptors (Lipinski definition) is 1. The summed E-state index contributed by atoms with van der Waals surface area (Å²) in [6, 6.07) is 12.6. The highest BCUT2D eigenvalue weighted by Crippen LogP contribution is 2.59. The smallest absolute Gasteiger partial charge is 0.320 e. The predicted molar refractivity (Wildman–Crippen MR) is 82.5 cm³/mol. The fraction of sp³-hybridized carbons (Fsp3) is 0.125. The van der Waals surface area contributed by atoms with Crippen molar-refractivity contribution in [2.45, 2.75) is 12.6 Å². The van der Waals surface area contributed by atoms with Gasteiger partial charge in [0.1, 0.15) is 0 Å². The fourth-order valence-electron chi connectivity index (χ4n) is 1.87. The van der Waals surface area contributed by atoms with Crippen LogP contribution in [-0.4, -0.2) is 9.79 Å². The van der Waals surface area contributed by atoms with Crippen LogP contribution in [0.5, 0.6) is 0 Å². The molecule has 0 amide bonds. The van der Waals surface area contributed by atoms with Gasteiger partial charge in [-0.1, -0.05) is 60.2 Å². The second kappa shape index (κ2) is 6.13. The summed E-state index contributed by atoms with van der Waals surface area (Å²) in [7, 11) is -5.55. The van der Waals surface area contributed by atoms with Crippen LogP contribution in [0.1, 0.15) is 22.3 Å². The Hall–Kier alpha value is -1.81. The molecular formula is C16H15F2O3P. The van der Waals surface area contributed by atoms with Gasteiger partial charge in [0.15, 0.2) is 0 Å². The quantitative estimate of drug-likeness (QED) is 0.648. The molecule has 2 aromatic carbocycles. The maximum Gasteiger partial charge on any atom is 0.399 e. The van der Waals surface area contributed by atoms with Crippen LogP contribution in [0.15, 0.2) is 48.5 Å². The van der Waals surface area contributed by atoms with Crippen molar-refractivity contribution >= 4 is 19.7 Å². The molecule has 0 aliphatic heterocycles. The second-order valence-electron chi connectivity index (χ2n) is 4.95. The van der Waals surface area contributed by atoms with Gasteiger partial charge in [0, 0.05) is 5.56 Å². The fourth-order valence-corrected chi connectivity index (χ4v) is 2.34. The first kappa shape index (κ1) is 16.6. The van der Waals surface area contributed by atoms with E-state index in [-0.39, 0.29) is 0 Å². The summed E-state index contributed by atoms with van der Waals surface area (Å²) in [4.78, 5) is 17.5. The molecule has 0 radical (unpaired) electrons. The van der Waals surface area contributed by atoms with Crippen LogP contribution < -0.4 is 0 Å². The van der Waals surface area contributed by atoms with Gasteiger partial charge in [-0.25, -0.2) is 0 Å². The Morgan fingerprint density at radius 3 is 2.18 bits per heavy atom. The average molecular weight is 324 g/mol. The minimum Gasteiger partial charge on any atom is -0.320 e. The van der Waals surface area contributed by atoms with Crippen LogP contribution in [0.2, 0.25) is 0 Å². The molecule has 0 saturated heterocycles. The molecule has 22 heavy (non-hydrogen) atoms. The summed E-state index contributed by atoms with van der Waals surface area (Å²) in [5, 5.41) is 0. The van der Waals surface area contributed by atoms with E-state index in [9.17, 15) is 13.3 Å². The molecule has 0 saturated carbocycles. The lowest BCUT2D eigenvalue weighted by atomic mass is 10.1. The Labute approximate surface area is 127 Å². The summed E-state index contributed by atoms with van der Waals surface area (Å²) in [5.41, 5.74) is -2.45. The lowest BCUT2D eigenvalue weighted by molar-refractivity contribution is 0.0564. The number of hydrogen-bond donors (Lipinski definition) is 2. The maximum absolute atomic E-state index is 13.7. The first-order valence-electron chi connectivity index (χ1n) is 6.49. The monoisotopic (exact) mass is 324 g/mol. The Morgan fingerprint density at radius 1 is 1.00 bits per heavy atom. The van der Waals surface area contributed by atoms with Gasteiger partial charge in [-0.3, -0.25) is 4.57 Å². The highest BCUT2D eigenvalue weighted by Gasteiger charge is 2.50. The van der Waals surface area contributed by atoms with Crippen molar-refractivity contribution in [2.24, 2.45) is 0 Å². The van der Waals surface area contributed by atoms with Crippen molar-refractivity contribution in [2.75, 3.05) is 0 Å². The lowest BCUT2D eigenvalue weighted by Gasteiger charge is -2.18. The second-order valence-corrected chi connectivity index (χ2v) is 6.60. The molecule has 0 bridgehead atoms. The molecule has 116 valence electrons. The van der Waals surface area contributed by atoms with E-state index in [2.05, 4.69) is 0 Å². The van der Waals surface area contributed by atoms with E-state index in [1.165, 1.54) is 6.07 Å². The SMILES string of the molecule is Cc1ccc(/C=C/c2cccc(C(F)(F)P(=O)(O)O)c2)cc1. The van der Waals surface area contributed by atoms with E-state index in [0.717, 1.165) is 23.3 Å². The summed E-state index contributed by atoms with van der Waals surface area (Å²) >= 11 is 0. The number of rotatable bonds is 4. The van der Waals surface area contributed by atoms with Crippen LogP contribution >= 0.6 is 7.60 Å². The van der Waals surface area contributed by atoms with E-state index in [1.807, 2.05) is 31.2 Å². The van der Waals surface area contributed by atoms with Gasteiger partial charge in [0.2, 0.25) is 0 Å². The molecule has 0 aromatic heterocycles. The molecule has 2 aromatic rings. The van der Waals surface area contributed by atoms with E-state index < -0.39 is 18.8 Å². The molecular weight excluding hydrogens is 309 g/mol. The largest absolute Gasteiger partial charge is 0.399 e. The lowest BCUT2D eigenvalue weighted by Crippen LogP contribution is -2.13. The maximum atomic E-state index is 13.7. The predicted octanol–water partition coefficient (Wildman–Crippen LogP) is 4.39. The van der Waals surface area contributed by atoms with Crippen LogP contribution in [0.25, 0.3) is 12.2 Å². The third-order valence-corrected chi connectivity index (χ3v) is 4.14. The van der Waals surface area contributed by atoms with Crippen molar-refractivity contribution in [1.82, 2.24) is 0 Å². The van der Waals surface area contributed by atoms with Crippen molar-refractivity contribution in [3.63, 3.8) is 0 Å². The molecule has 2 rings (SSSR count). The number of benzene rings is 2. The van der Waals surface area contributed by atoms with Crippen molar-refractivity contribution in [3.05, 3.63) is 70.8 Å². The zero-order valence-corrected chi connectivity index (χ0v) is 12.7. The molecule has 0 atom stereocenters. The molecule has 0 heterocycles. The summed E-state index contributed by atoms with van der Waals surface area (Å²) in [5.74, 6) is 0. The normalized spacial score (nSPS) is 12.8. The van der Waals surface area contributed by atoms with Crippen molar-refractivity contribution in [3.8, 4) is 0 Å². The van der Waals surface area contributed by atoms with Crippen LogP contribution in [0.4, 0.5) is 8.78 Å². The highest BCUT2D eigenvalue weighted by atomic mass is 31.2. The third kappa shape index (κ3) is 3.69. The van der Waals surface area contributed by atoms with Gasteiger partial charge in [-0.2, -0.15) is 8.78 Å². The molecule has 0 aliphatic rings. The Bertz CT molecular complexity index is 733. The third-order valence-electron chi connectivity index (χ3n) is 3.15. The van der Waals surface area contributed by atoms with Crippen LogP contribution in [0, 0.1) is 6.92 Å². The summed E-state index contributed by atoms with van der Waals surface area (Å²) < 4.78 is 38.2. The molecule has 3 nitrogen and oxygen atoms in total. The summed E-state index contributed by atoms with van der Waals surface area (Å²) in [6.45, 7) is 1.96. The van der Waals surface area contributed by atoms with E-state index >= 15 is 0 Å². The van der Waals surface area contributed by atoms with E-state index in [1.54, 1.807) is 18.2 Å². The Morgan fingerprint density at radius 2 is 1.59 bits per heavy atom. The molecule has 6 heteroatoms. The Balaban J connectivity index is 2.29. The number of alkyl halides is 2. The molecule has 0 aliphatic carbocycles. The van der Waals surface area contributed by atoms with Gasteiger partial charge in [0.05, 0.1) is 0 Å². The van der Waals surface area contributed by atoms with Gasteiger partial charge in [0.25, 0.3) is 0 Å². The molecule has 0 fully saturated rings. The van der Waals surface area contributed by atoms with Gasteiger partial charge < -0.3 is 9.79 Å². The number of aryl methyl sites for hydroxylation is 1. The first-order chi connectivity index (χ1) is 10.2. The van der Waals surface area contributed by atoms with E-state index in [4.69, 9.17) is 9.79 Å². The molecule has 2 N–H and O–H groups in total. The minimum absolute atomic E-state index is 0.436. The zero-order chi connectivity index (χ0) is 16.4. The van der Waals surface area contributed by atoms with Crippen LogP contribution in [-0.2, 0) is 10.2 Å². The van der Waals surface area contributed by atoms with Gasteiger partial charge in [-0.05, 0) is 24.1 Å². The molecule has 0 spiro atoms. The van der Waals surface area contributed by atoms with Gasteiger partial charge >= 0.3 is 13.3 Å². The van der Waals surface area contributed by atoms with E-state index in [0.29, 0.717) is 5.56 Å². The molecule has 0 unspecified atom stereocenters. The Kier molecular flexibility index (Phi) is 4.61. The average Bonchev–Trinajstić information content (AvgIpc) is 2.46. The van der Waals surface area contributed by atoms with Crippen molar-refractivity contribution in [1.29, 1.82) is 0 Å². The zero-order valence-electron chi connectivity index (χ0n) is 11.8. The van der Waals surface area contributed by atoms with Gasteiger partial charge in [-0.15, -0.1) is 0 Å². The van der Waals surface area contributed by atoms with Crippen molar-refractivity contribution < 1.29 is 23.1 Å². The van der Waals surface area contributed by atoms with Crippen LogP contribution in [0.3, 0.4) is 0 Å². The topological polar surface area (TPSA) is 57.5 Å². The number of halogens is 2. The summed E-state index contributed by atoms with van der Waals surface area (Å²) in [6.07, 6.45) is 3.36. The standard InChI is InChI=1S/C16H15F2O3P/c1-12-5-7-13(8-6-12)9-10-14-3-2-4-15(11-14)16(17,18)22(19,20)21/h2-11H,1H3,(H2,19,20,21)/b10-9+. The minimum atomic E-state index is -5.55.